The molecule has 0 aliphatic rings. The molecule has 1 rings (SSSR count). The molecule has 0 radical (unpaired) electrons. The number of thiophene rings is 1. The predicted molar refractivity (Wildman–Crippen MR) is 47.0 cm³/mol. The Hall–Kier alpha value is -1.76. The van der Waals surface area contributed by atoms with Crippen molar-refractivity contribution in [1.29, 1.82) is 0 Å². The third-order valence-corrected chi connectivity index (χ3v) is 2.07. The van der Waals surface area contributed by atoms with Crippen molar-refractivity contribution in [2.45, 2.75) is 0 Å². The fourth-order valence-corrected chi connectivity index (χ4v) is 1.36. The van der Waals surface area contributed by atoms with E-state index in [1.807, 2.05) is 0 Å². The van der Waals surface area contributed by atoms with E-state index < -0.39 is 9.85 Å². The van der Waals surface area contributed by atoms with Crippen molar-refractivity contribution in [3.63, 3.8) is 0 Å². The number of nitrogens with zero attached hydrogens (tertiary/aromatic N) is 2. The van der Waals surface area contributed by atoms with Crippen molar-refractivity contribution < 1.29 is 9.85 Å². The monoisotopic (exact) mass is 200 g/mol. The van der Waals surface area contributed by atoms with Crippen LogP contribution in [0, 0.1) is 20.2 Å². The minimum atomic E-state index is -0.622. The van der Waals surface area contributed by atoms with E-state index in [0.29, 0.717) is 5.56 Å². The van der Waals surface area contributed by atoms with Crippen LogP contribution in [0.4, 0.5) is 5.00 Å². The highest BCUT2D eigenvalue weighted by Gasteiger charge is 2.07. The molecule has 68 valence electrons. The Bertz CT molecular complexity index is 370. The number of nitro groups is 2. The highest BCUT2D eigenvalue weighted by molar-refractivity contribution is 7.13. The van der Waals surface area contributed by atoms with Gasteiger partial charge in [-0.05, 0) is 5.56 Å². The van der Waals surface area contributed by atoms with Crippen LogP contribution in [0.3, 0.4) is 0 Å². The van der Waals surface area contributed by atoms with E-state index in [9.17, 15) is 20.2 Å². The Morgan fingerprint density at radius 1 is 1.38 bits per heavy atom. The minimum absolute atomic E-state index is 0.0250. The van der Waals surface area contributed by atoms with E-state index in [1.54, 1.807) is 0 Å². The fraction of sp³-hybridized carbons (Fsp3) is 0. The first-order chi connectivity index (χ1) is 6.09. The summed E-state index contributed by atoms with van der Waals surface area (Å²) in [5.41, 5.74) is 0.466. The van der Waals surface area contributed by atoms with Crippen LogP contribution in [0.25, 0.3) is 6.08 Å². The largest absolute Gasteiger partial charge is 0.324 e. The van der Waals surface area contributed by atoms with E-state index in [0.717, 1.165) is 17.5 Å². The Balaban J connectivity index is 2.80. The fourth-order valence-electron chi connectivity index (χ4n) is 0.669. The van der Waals surface area contributed by atoms with Crippen molar-refractivity contribution >= 4 is 22.4 Å². The van der Waals surface area contributed by atoms with Gasteiger partial charge in [0.1, 0.15) is 0 Å². The van der Waals surface area contributed by atoms with Gasteiger partial charge in [-0.3, -0.25) is 20.2 Å². The molecule has 7 heteroatoms. The summed E-state index contributed by atoms with van der Waals surface area (Å²) >= 11 is 0.936. The average Bonchev–Trinajstić information content (AvgIpc) is 2.48. The van der Waals surface area contributed by atoms with E-state index in [4.69, 9.17) is 0 Å². The maximum atomic E-state index is 10.2. The maximum absolute atomic E-state index is 10.2. The smallest absolute Gasteiger partial charge is 0.259 e. The summed E-state index contributed by atoms with van der Waals surface area (Å²) in [6.07, 6.45) is 1.95. The standard InChI is InChI=1S/C6H4N2O4S/c9-7(10)2-1-5-3-6(8(11)12)13-4-5/h1-4H. The Labute approximate surface area is 76.4 Å². The Kier molecular flexibility index (Phi) is 2.70. The second kappa shape index (κ2) is 3.76. The first-order valence-corrected chi connectivity index (χ1v) is 4.02. The highest BCUT2D eigenvalue weighted by Crippen LogP contribution is 2.23. The first kappa shape index (κ1) is 9.33. The quantitative estimate of drug-likeness (QED) is 0.550. The summed E-state index contributed by atoms with van der Waals surface area (Å²) in [7, 11) is 0. The zero-order valence-electron chi connectivity index (χ0n) is 6.25. The first-order valence-electron chi connectivity index (χ1n) is 3.14. The average molecular weight is 200 g/mol. The number of hydrogen-bond acceptors (Lipinski definition) is 5. The lowest BCUT2D eigenvalue weighted by Gasteiger charge is -1.79. The Morgan fingerprint density at radius 3 is 2.54 bits per heavy atom. The van der Waals surface area contributed by atoms with Gasteiger partial charge in [0.25, 0.3) is 0 Å². The molecular weight excluding hydrogens is 196 g/mol. The van der Waals surface area contributed by atoms with E-state index in [2.05, 4.69) is 0 Å². The molecule has 1 heterocycles. The summed E-state index contributed by atoms with van der Waals surface area (Å²) in [6, 6.07) is 1.28. The highest BCUT2D eigenvalue weighted by atomic mass is 32.1. The van der Waals surface area contributed by atoms with Crippen LogP contribution in [0.2, 0.25) is 0 Å². The summed E-state index contributed by atoms with van der Waals surface area (Å²) in [6.45, 7) is 0. The number of rotatable bonds is 3. The second-order valence-electron chi connectivity index (χ2n) is 2.08. The van der Waals surface area contributed by atoms with E-state index >= 15 is 0 Å². The van der Waals surface area contributed by atoms with Crippen molar-refractivity contribution in [3.8, 4) is 0 Å². The van der Waals surface area contributed by atoms with Crippen molar-refractivity contribution in [2.24, 2.45) is 0 Å². The van der Waals surface area contributed by atoms with Crippen LogP contribution in [-0.2, 0) is 0 Å². The van der Waals surface area contributed by atoms with Crippen molar-refractivity contribution in [2.75, 3.05) is 0 Å². The van der Waals surface area contributed by atoms with Gasteiger partial charge >= 0.3 is 5.00 Å². The third-order valence-electron chi connectivity index (χ3n) is 1.17. The molecule has 0 saturated carbocycles. The van der Waals surface area contributed by atoms with Crippen LogP contribution in [0.5, 0.6) is 0 Å². The molecule has 0 spiro atoms. The van der Waals surface area contributed by atoms with Crippen LogP contribution in [0.15, 0.2) is 17.6 Å². The predicted octanol–water partition coefficient (Wildman–Crippen LogP) is 1.90. The molecule has 0 N–H and O–H groups in total. The lowest BCUT2D eigenvalue weighted by Crippen LogP contribution is -1.82. The molecule has 0 aliphatic heterocycles. The lowest BCUT2D eigenvalue weighted by atomic mass is 10.3. The molecule has 13 heavy (non-hydrogen) atoms. The zero-order chi connectivity index (χ0) is 9.84. The van der Waals surface area contributed by atoms with Gasteiger partial charge in [0, 0.05) is 17.5 Å². The molecule has 0 aromatic carbocycles. The van der Waals surface area contributed by atoms with E-state index in [1.165, 1.54) is 17.5 Å². The SMILES string of the molecule is O=[N+]([O-])C=Cc1csc([N+](=O)[O-])c1. The Morgan fingerprint density at radius 2 is 2.08 bits per heavy atom. The zero-order valence-corrected chi connectivity index (χ0v) is 7.06. The van der Waals surface area contributed by atoms with Crippen LogP contribution in [0.1, 0.15) is 5.56 Å². The molecule has 0 atom stereocenters. The molecule has 0 unspecified atom stereocenters. The van der Waals surface area contributed by atoms with Gasteiger partial charge in [-0.1, -0.05) is 11.3 Å². The van der Waals surface area contributed by atoms with Crippen molar-refractivity contribution in [3.05, 3.63) is 43.4 Å². The van der Waals surface area contributed by atoms with E-state index in [-0.39, 0.29) is 5.00 Å². The molecule has 1 aromatic rings. The molecule has 0 saturated heterocycles. The molecular formula is C6H4N2O4S. The summed E-state index contributed by atoms with van der Waals surface area (Å²) in [5.74, 6) is 0. The van der Waals surface area contributed by atoms with Crippen LogP contribution in [-0.4, -0.2) is 9.85 Å². The topological polar surface area (TPSA) is 86.3 Å². The third kappa shape index (κ3) is 2.64. The van der Waals surface area contributed by atoms with Gasteiger partial charge in [-0.25, -0.2) is 0 Å². The minimum Gasteiger partial charge on any atom is -0.259 e. The van der Waals surface area contributed by atoms with Crippen LogP contribution < -0.4 is 0 Å². The number of hydrogen-bond donors (Lipinski definition) is 0. The summed E-state index contributed by atoms with van der Waals surface area (Å²) < 4.78 is 0. The molecule has 0 amide bonds. The van der Waals surface area contributed by atoms with Gasteiger partial charge in [0.05, 0.1) is 9.85 Å². The summed E-state index contributed by atoms with van der Waals surface area (Å²) in [5, 5.41) is 21.6. The lowest BCUT2D eigenvalue weighted by molar-refractivity contribution is -0.400. The van der Waals surface area contributed by atoms with Gasteiger partial charge in [-0.15, -0.1) is 0 Å². The molecule has 0 fully saturated rings. The molecule has 0 bridgehead atoms. The van der Waals surface area contributed by atoms with Crippen molar-refractivity contribution in [1.82, 2.24) is 0 Å². The van der Waals surface area contributed by atoms with Crippen LogP contribution >= 0.6 is 11.3 Å². The normalized spacial score (nSPS) is 10.5. The van der Waals surface area contributed by atoms with Gasteiger partial charge in [0.15, 0.2) is 0 Å². The maximum Gasteiger partial charge on any atom is 0.324 e. The van der Waals surface area contributed by atoms with Gasteiger partial charge < -0.3 is 0 Å². The van der Waals surface area contributed by atoms with Gasteiger partial charge in [0.2, 0.25) is 6.20 Å². The summed E-state index contributed by atoms with van der Waals surface area (Å²) in [4.78, 5) is 19.0. The molecule has 6 nitrogen and oxygen atoms in total. The second-order valence-corrected chi connectivity index (χ2v) is 2.97. The molecule has 1 aromatic heterocycles. The van der Waals surface area contributed by atoms with Gasteiger partial charge in [-0.2, -0.15) is 0 Å². The molecule has 0 aliphatic carbocycles.